The fourth-order valence-corrected chi connectivity index (χ4v) is 5.57. The molecule has 0 aliphatic carbocycles. The molecule has 1 aliphatic heterocycles. The summed E-state index contributed by atoms with van der Waals surface area (Å²) in [7, 11) is 0. The third-order valence-corrected chi connectivity index (χ3v) is 7.63. The molecule has 0 radical (unpaired) electrons. The highest BCUT2D eigenvalue weighted by atomic mass is 19.1. The first kappa shape index (κ1) is 28.3. The van der Waals surface area contributed by atoms with Crippen LogP contribution in [0, 0.1) is 18.6 Å². The first-order valence-corrected chi connectivity index (χ1v) is 13.9. The lowest BCUT2D eigenvalue weighted by molar-refractivity contribution is -0.00819. The highest BCUT2D eigenvalue weighted by molar-refractivity contribution is 6.00. The Balaban J connectivity index is 1.58. The number of nitrogens with zero attached hydrogens (tertiary/aromatic N) is 1. The van der Waals surface area contributed by atoms with E-state index in [1.165, 1.54) is 30.0 Å². The van der Waals surface area contributed by atoms with Gasteiger partial charge in [0, 0.05) is 48.2 Å². The molecule has 7 heteroatoms. The van der Waals surface area contributed by atoms with Gasteiger partial charge in [0.1, 0.15) is 17.4 Å². The van der Waals surface area contributed by atoms with Crippen molar-refractivity contribution in [3.63, 3.8) is 0 Å². The van der Waals surface area contributed by atoms with Gasteiger partial charge in [-0.05, 0) is 68.3 Å². The number of fused-ring (bicyclic) bond motifs is 1. The maximum atomic E-state index is 15.4. The summed E-state index contributed by atoms with van der Waals surface area (Å²) in [6.07, 6.45) is 8.10. The molecule has 2 N–H and O–H groups in total. The molecule has 1 saturated heterocycles. The third-order valence-electron chi connectivity index (χ3n) is 7.63. The quantitative estimate of drug-likeness (QED) is 0.124. The monoisotopic (exact) mass is 555 g/mol. The first-order chi connectivity index (χ1) is 19.8. The van der Waals surface area contributed by atoms with Gasteiger partial charge in [-0.1, -0.05) is 36.9 Å². The van der Waals surface area contributed by atoms with Crippen molar-refractivity contribution in [2.24, 2.45) is 4.99 Å². The Kier molecular flexibility index (Phi) is 8.36. The number of allylic oxidation sites excluding steroid dienone is 1. The number of hydrogen-bond donors (Lipinski definition) is 2. The van der Waals surface area contributed by atoms with E-state index in [1.807, 2.05) is 25.1 Å². The zero-order valence-electron chi connectivity index (χ0n) is 23.5. The van der Waals surface area contributed by atoms with Crippen molar-refractivity contribution in [2.45, 2.75) is 51.2 Å². The Morgan fingerprint density at radius 1 is 1.17 bits per heavy atom. The van der Waals surface area contributed by atoms with Gasteiger partial charge < -0.3 is 19.8 Å². The summed E-state index contributed by atoms with van der Waals surface area (Å²) in [5, 5.41) is 3.92. The minimum atomic E-state index is -0.654. The van der Waals surface area contributed by atoms with Crippen molar-refractivity contribution in [2.75, 3.05) is 6.61 Å². The Labute approximate surface area is 239 Å². The van der Waals surface area contributed by atoms with Crippen LogP contribution in [-0.4, -0.2) is 23.5 Å². The van der Waals surface area contributed by atoms with Crippen LogP contribution in [0.1, 0.15) is 48.4 Å². The van der Waals surface area contributed by atoms with Crippen LogP contribution in [0.4, 0.5) is 8.78 Å². The number of rotatable bonds is 9. The van der Waals surface area contributed by atoms with Gasteiger partial charge >= 0.3 is 0 Å². The Hall–Kier alpha value is -4.23. The average Bonchev–Trinajstić information content (AvgIpc) is 3.43. The predicted molar refractivity (Wildman–Crippen MR) is 161 cm³/mol. The molecule has 1 fully saturated rings. The highest BCUT2D eigenvalue weighted by Crippen LogP contribution is 2.40. The molecule has 3 aromatic carbocycles. The van der Waals surface area contributed by atoms with E-state index in [-0.39, 0.29) is 23.2 Å². The molecule has 1 aliphatic rings. The summed E-state index contributed by atoms with van der Waals surface area (Å²) in [5.74, 6) is -0.299. The summed E-state index contributed by atoms with van der Waals surface area (Å²) in [6.45, 7) is 12.0. The number of hydrogen-bond acceptors (Lipinski definition) is 3. The number of aliphatic imine (C=N–C) groups is 1. The number of aryl methyl sites for hydroxylation is 2. The van der Waals surface area contributed by atoms with Crippen molar-refractivity contribution in [1.82, 2.24) is 10.3 Å². The molecule has 1 aromatic heterocycles. The molecule has 0 amide bonds. The molecule has 2 atom stereocenters. The van der Waals surface area contributed by atoms with Crippen LogP contribution in [-0.2, 0) is 16.7 Å². The smallest absolute Gasteiger partial charge is 0.168 e. The van der Waals surface area contributed by atoms with Crippen molar-refractivity contribution in [3.05, 3.63) is 120 Å². The van der Waals surface area contributed by atoms with Gasteiger partial charge in [-0.25, -0.2) is 8.78 Å². The largest absolute Gasteiger partial charge is 0.454 e. The van der Waals surface area contributed by atoms with Gasteiger partial charge in [-0.2, -0.15) is 0 Å². The van der Waals surface area contributed by atoms with Crippen LogP contribution in [0.2, 0.25) is 0 Å². The topological polar surface area (TPSA) is 58.6 Å². The van der Waals surface area contributed by atoms with Gasteiger partial charge in [0.2, 0.25) is 0 Å². The minimum absolute atomic E-state index is 0.0388. The van der Waals surface area contributed by atoms with Crippen LogP contribution in [0.25, 0.3) is 10.9 Å². The highest BCUT2D eigenvalue weighted by Gasteiger charge is 2.38. The van der Waals surface area contributed by atoms with Crippen molar-refractivity contribution in [1.29, 1.82) is 0 Å². The zero-order valence-corrected chi connectivity index (χ0v) is 23.5. The second-order valence-corrected chi connectivity index (χ2v) is 10.5. The number of nitrogens with one attached hydrogen (secondary N) is 2. The SMILES string of the molecule is C=CCCc1cccc(C2(N=C(NC=C)c3cc(Oc4c(F)cc5[nH]ccc5c4C)ccc3F)CCOC(C)C2)c1. The molecule has 0 spiro atoms. The number of ether oxygens (including phenoxy) is 2. The summed E-state index contributed by atoms with van der Waals surface area (Å²) in [4.78, 5) is 8.23. The Bertz CT molecular complexity index is 1610. The number of benzene rings is 3. The first-order valence-electron chi connectivity index (χ1n) is 13.9. The average molecular weight is 556 g/mol. The van der Waals surface area contributed by atoms with Crippen LogP contribution < -0.4 is 10.1 Å². The predicted octanol–water partition coefficient (Wildman–Crippen LogP) is 8.24. The molecular formula is C34H35F2N3O2. The van der Waals surface area contributed by atoms with Crippen molar-refractivity contribution < 1.29 is 18.3 Å². The molecule has 5 rings (SSSR count). The second kappa shape index (κ2) is 12.1. The Morgan fingerprint density at radius 3 is 2.80 bits per heavy atom. The van der Waals surface area contributed by atoms with Crippen LogP contribution in [0.15, 0.2) is 91.2 Å². The van der Waals surface area contributed by atoms with E-state index >= 15 is 8.78 Å². The summed E-state index contributed by atoms with van der Waals surface area (Å²) in [5.41, 5.74) is 3.11. The van der Waals surface area contributed by atoms with E-state index in [1.54, 1.807) is 19.2 Å². The van der Waals surface area contributed by atoms with Crippen molar-refractivity contribution in [3.8, 4) is 11.5 Å². The normalized spacial score (nSPS) is 19.2. The van der Waals surface area contributed by atoms with Crippen molar-refractivity contribution >= 4 is 16.7 Å². The number of halogens is 2. The van der Waals surface area contributed by atoms with Gasteiger partial charge in [0.05, 0.1) is 17.2 Å². The molecule has 41 heavy (non-hydrogen) atoms. The molecule has 4 aromatic rings. The lowest BCUT2D eigenvalue weighted by Crippen LogP contribution is -2.38. The van der Waals surface area contributed by atoms with E-state index in [9.17, 15) is 0 Å². The number of aromatic nitrogens is 1. The van der Waals surface area contributed by atoms with Crippen LogP contribution >= 0.6 is 0 Å². The zero-order chi connectivity index (χ0) is 29.0. The third kappa shape index (κ3) is 5.95. The Morgan fingerprint density at radius 2 is 2.02 bits per heavy atom. The number of amidine groups is 1. The van der Waals surface area contributed by atoms with Gasteiger partial charge in [0.25, 0.3) is 0 Å². The van der Waals surface area contributed by atoms with E-state index < -0.39 is 17.2 Å². The maximum Gasteiger partial charge on any atom is 0.168 e. The summed E-state index contributed by atoms with van der Waals surface area (Å²) >= 11 is 0. The van der Waals surface area contributed by atoms with E-state index in [0.717, 1.165) is 23.8 Å². The van der Waals surface area contributed by atoms with E-state index in [0.29, 0.717) is 36.4 Å². The maximum absolute atomic E-state index is 15.4. The molecule has 0 bridgehead atoms. The molecule has 2 heterocycles. The van der Waals surface area contributed by atoms with Gasteiger partial charge in [0.15, 0.2) is 11.6 Å². The lowest BCUT2D eigenvalue weighted by atomic mass is 9.80. The minimum Gasteiger partial charge on any atom is -0.454 e. The van der Waals surface area contributed by atoms with Gasteiger partial charge in [-0.15, -0.1) is 6.58 Å². The molecule has 212 valence electrons. The fourth-order valence-electron chi connectivity index (χ4n) is 5.57. The summed E-state index contributed by atoms with van der Waals surface area (Å²) < 4.78 is 42.4. The summed E-state index contributed by atoms with van der Waals surface area (Å²) in [6, 6.07) is 16.0. The lowest BCUT2D eigenvalue weighted by Gasteiger charge is -2.38. The van der Waals surface area contributed by atoms with E-state index in [4.69, 9.17) is 14.5 Å². The molecule has 2 unspecified atom stereocenters. The molecule has 0 saturated carbocycles. The van der Waals surface area contributed by atoms with Gasteiger partial charge in [-0.3, -0.25) is 4.99 Å². The second-order valence-electron chi connectivity index (χ2n) is 10.5. The molecule has 5 nitrogen and oxygen atoms in total. The standard InChI is InChI=1S/C34H35F2N3O2/c1-5-7-9-24-10-8-11-25(18-24)34(15-17-40-22(3)21-34)39-33(37-6-2)28-19-26(12-13-29(28)35)41-32-23(4)27-14-16-38-31(27)20-30(32)36/h5-6,8,10-14,16,18-20,22,38H,1-2,7,9,15,17,21H2,3-4H3,(H,37,39). The number of aromatic amines is 1. The number of H-pyrrole nitrogens is 1. The fraction of sp³-hybridized carbons (Fsp3) is 0.265. The van der Waals surface area contributed by atoms with E-state index in [2.05, 4.69) is 41.7 Å². The van der Waals surface area contributed by atoms with Crippen LogP contribution in [0.3, 0.4) is 0 Å². The van der Waals surface area contributed by atoms with Crippen LogP contribution in [0.5, 0.6) is 11.5 Å². The molecular weight excluding hydrogens is 520 g/mol.